The number of hydrogen-bond acceptors (Lipinski definition) is 2. The molecule has 0 aliphatic heterocycles. The van der Waals surface area contributed by atoms with E-state index in [2.05, 4.69) is 56.9 Å². The van der Waals surface area contributed by atoms with Gasteiger partial charge in [0.05, 0.1) is 6.61 Å². The van der Waals surface area contributed by atoms with Gasteiger partial charge in [-0.25, -0.2) is 0 Å². The van der Waals surface area contributed by atoms with Crippen LogP contribution in [0.25, 0.3) is 0 Å². The molecule has 0 spiro atoms. The zero-order chi connectivity index (χ0) is 14.1. The van der Waals surface area contributed by atoms with Gasteiger partial charge >= 0.3 is 0 Å². The van der Waals surface area contributed by atoms with Crippen LogP contribution in [0.2, 0.25) is 0 Å². The summed E-state index contributed by atoms with van der Waals surface area (Å²) >= 11 is 0. The van der Waals surface area contributed by atoms with Gasteiger partial charge in [0, 0.05) is 12.6 Å². The highest BCUT2D eigenvalue weighted by molar-refractivity contribution is 5.27. The lowest BCUT2D eigenvalue weighted by atomic mass is 10.1. The van der Waals surface area contributed by atoms with Crippen molar-refractivity contribution in [3.8, 4) is 5.75 Å². The molecule has 0 aliphatic rings. The average molecular weight is 261 g/mol. The van der Waals surface area contributed by atoms with Crippen LogP contribution >= 0.6 is 0 Å². The molecule has 1 rings (SSSR count). The van der Waals surface area contributed by atoms with E-state index in [4.69, 9.17) is 4.74 Å². The van der Waals surface area contributed by atoms with E-state index >= 15 is 0 Å². The number of benzene rings is 1. The van der Waals surface area contributed by atoms with Gasteiger partial charge in [-0.3, -0.25) is 0 Å². The Morgan fingerprint density at radius 3 is 2.47 bits per heavy atom. The van der Waals surface area contributed by atoms with E-state index in [1.807, 2.05) is 6.08 Å². The van der Waals surface area contributed by atoms with Gasteiger partial charge in [-0.05, 0) is 43.4 Å². The van der Waals surface area contributed by atoms with Crippen LogP contribution in [-0.4, -0.2) is 12.6 Å². The first kappa shape index (κ1) is 15.8. The minimum absolute atomic E-state index is 0.472. The van der Waals surface area contributed by atoms with Crippen molar-refractivity contribution in [1.29, 1.82) is 0 Å². The van der Waals surface area contributed by atoms with E-state index in [1.54, 1.807) is 0 Å². The lowest BCUT2D eigenvalue weighted by Crippen LogP contribution is -2.24. The lowest BCUT2D eigenvalue weighted by molar-refractivity contribution is 0.289. The molecule has 1 aromatic rings. The van der Waals surface area contributed by atoms with Crippen molar-refractivity contribution >= 4 is 0 Å². The summed E-state index contributed by atoms with van der Waals surface area (Å²) in [4.78, 5) is 0. The number of ether oxygens (including phenoxy) is 1. The summed E-state index contributed by atoms with van der Waals surface area (Å²) in [5.41, 5.74) is 1.28. The van der Waals surface area contributed by atoms with Gasteiger partial charge in [0.15, 0.2) is 0 Å². The molecule has 0 amide bonds. The van der Waals surface area contributed by atoms with E-state index in [0.29, 0.717) is 12.0 Å². The average Bonchev–Trinajstić information content (AvgIpc) is 2.38. The Kier molecular flexibility index (Phi) is 7.27. The SMILES string of the molecule is C=CCC(C)NCc1ccc(OCCC(C)C)cc1. The molecular formula is C17H27NO. The van der Waals surface area contributed by atoms with Crippen LogP contribution in [-0.2, 0) is 6.54 Å². The van der Waals surface area contributed by atoms with Crippen molar-refractivity contribution in [3.05, 3.63) is 42.5 Å². The molecule has 1 aromatic carbocycles. The normalized spacial score (nSPS) is 12.4. The highest BCUT2D eigenvalue weighted by atomic mass is 16.5. The predicted octanol–water partition coefficient (Wildman–Crippen LogP) is 4.17. The summed E-state index contributed by atoms with van der Waals surface area (Å²) in [5.74, 6) is 1.65. The highest BCUT2D eigenvalue weighted by Gasteiger charge is 2.00. The molecule has 106 valence electrons. The van der Waals surface area contributed by atoms with Crippen LogP contribution in [0.5, 0.6) is 5.75 Å². The fourth-order valence-electron chi connectivity index (χ4n) is 1.74. The molecule has 0 aromatic heterocycles. The maximum Gasteiger partial charge on any atom is 0.119 e. The second-order valence-corrected chi connectivity index (χ2v) is 5.48. The summed E-state index contributed by atoms with van der Waals surface area (Å²) in [7, 11) is 0. The molecule has 0 saturated carbocycles. The molecule has 2 nitrogen and oxygen atoms in total. The summed E-state index contributed by atoms with van der Waals surface area (Å²) in [6, 6.07) is 8.82. The first-order valence-corrected chi connectivity index (χ1v) is 7.17. The summed E-state index contributed by atoms with van der Waals surface area (Å²) < 4.78 is 5.70. The van der Waals surface area contributed by atoms with Gasteiger partial charge in [0.25, 0.3) is 0 Å². The molecule has 0 heterocycles. The van der Waals surface area contributed by atoms with Crippen LogP contribution in [0.3, 0.4) is 0 Å². The van der Waals surface area contributed by atoms with E-state index in [0.717, 1.165) is 31.7 Å². The van der Waals surface area contributed by atoms with Gasteiger partial charge in [0.1, 0.15) is 5.75 Å². The number of rotatable bonds is 9. The Labute approximate surface area is 117 Å². The van der Waals surface area contributed by atoms with Crippen molar-refractivity contribution in [2.75, 3.05) is 6.61 Å². The second kappa shape index (κ2) is 8.76. The fourth-order valence-corrected chi connectivity index (χ4v) is 1.74. The third-order valence-corrected chi connectivity index (χ3v) is 3.06. The summed E-state index contributed by atoms with van der Waals surface area (Å²) in [6.45, 7) is 12.0. The molecule has 2 heteroatoms. The van der Waals surface area contributed by atoms with Crippen molar-refractivity contribution < 1.29 is 4.74 Å². The van der Waals surface area contributed by atoms with E-state index < -0.39 is 0 Å². The molecule has 1 unspecified atom stereocenters. The Bertz CT molecular complexity index is 356. The molecule has 0 saturated heterocycles. The van der Waals surface area contributed by atoms with E-state index in [-0.39, 0.29) is 0 Å². The zero-order valence-electron chi connectivity index (χ0n) is 12.5. The predicted molar refractivity (Wildman–Crippen MR) is 82.5 cm³/mol. The molecule has 0 bridgehead atoms. The third kappa shape index (κ3) is 7.02. The topological polar surface area (TPSA) is 21.3 Å². The quantitative estimate of drug-likeness (QED) is 0.674. The minimum atomic E-state index is 0.472. The number of hydrogen-bond donors (Lipinski definition) is 1. The van der Waals surface area contributed by atoms with Crippen molar-refractivity contribution in [3.63, 3.8) is 0 Å². The Hall–Kier alpha value is -1.28. The maximum atomic E-state index is 5.70. The first-order valence-electron chi connectivity index (χ1n) is 7.17. The minimum Gasteiger partial charge on any atom is -0.494 e. The Morgan fingerprint density at radius 2 is 1.89 bits per heavy atom. The summed E-state index contributed by atoms with van der Waals surface area (Å²) in [6.07, 6.45) is 4.04. The number of nitrogens with one attached hydrogen (secondary N) is 1. The molecule has 1 N–H and O–H groups in total. The molecule has 0 aliphatic carbocycles. The van der Waals surface area contributed by atoms with Gasteiger partial charge in [-0.2, -0.15) is 0 Å². The van der Waals surface area contributed by atoms with Gasteiger partial charge in [-0.15, -0.1) is 6.58 Å². The smallest absolute Gasteiger partial charge is 0.119 e. The molecule has 1 atom stereocenters. The van der Waals surface area contributed by atoms with Crippen molar-refractivity contribution in [2.24, 2.45) is 5.92 Å². The van der Waals surface area contributed by atoms with Gasteiger partial charge in [-0.1, -0.05) is 32.1 Å². The highest BCUT2D eigenvalue weighted by Crippen LogP contribution is 2.13. The summed E-state index contributed by atoms with van der Waals surface area (Å²) in [5, 5.41) is 3.47. The van der Waals surface area contributed by atoms with Crippen molar-refractivity contribution in [2.45, 2.75) is 46.2 Å². The first-order chi connectivity index (χ1) is 9.11. The largest absolute Gasteiger partial charge is 0.494 e. The van der Waals surface area contributed by atoms with Gasteiger partial charge in [0.2, 0.25) is 0 Å². The van der Waals surface area contributed by atoms with Crippen LogP contribution in [0.15, 0.2) is 36.9 Å². The fraction of sp³-hybridized carbons (Fsp3) is 0.529. The molecule has 19 heavy (non-hydrogen) atoms. The molecular weight excluding hydrogens is 234 g/mol. The van der Waals surface area contributed by atoms with Gasteiger partial charge < -0.3 is 10.1 Å². The standard InChI is InChI=1S/C17H27NO/c1-5-6-15(4)18-13-16-7-9-17(10-8-16)19-12-11-14(2)3/h5,7-10,14-15,18H,1,6,11-13H2,2-4H3. The Morgan fingerprint density at radius 1 is 1.21 bits per heavy atom. The van der Waals surface area contributed by atoms with Crippen LogP contribution in [0.1, 0.15) is 39.2 Å². The molecule has 0 fully saturated rings. The third-order valence-electron chi connectivity index (χ3n) is 3.06. The van der Waals surface area contributed by atoms with E-state index in [9.17, 15) is 0 Å². The monoisotopic (exact) mass is 261 g/mol. The van der Waals surface area contributed by atoms with Crippen molar-refractivity contribution in [1.82, 2.24) is 5.32 Å². The van der Waals surface area contributed by atoms with Crippen LogP contribution < -0.4 is 10.1 Å². The van der Waals surface area contributed by atoms with E-state index in [1.165, 1.54) is 5.56 Å². The van der Waals surface area contributed by atoms with Crippen LogP contribution in [0, 0.1) is 5.92 Å². The Balaban J connectivity index is 2.32. The zero-order valence-corrected chi connectivity index (χ0v) is 12.5. The second-order valence-electron chi connectivity index (χ2n) is 5.48. The maximum absolute atomic E-state index is 5.70. The molecule has 0 radical (unpaired) electrons. The van der Waals surface area contributed by atoms with Crippen LogP contribution in [0.4, 0.5) is 0 Å². The lowest BCUT2D eigenvalue weighted by Gasteiger charge is -2.12.